The van der Waals surface area contributed by atoms with Gasteiger partial charge in [-0.2, -0.15) is 0 Å². The molecule has 3 nitrogen and oxygen atoms in total. The molecule has 0 aromatic heterocycles. The zero-order chi connectivity index (χ0) is 10.3. The van der Waals surface area contributed by atoms with Gasteiger partial charge in [-0.25, -0.2) is 0 Å². The Labute approximate surface area is 85.0 Å². The zero-order valence-electron chi connectivity index (χ0n) is 8.90. The highest BCUT2D eigenvalue weighted by molar-refractivity contribution is 5.73. The van der Waals surface area contributed by atoms with Gasteiger partial charge < -0.3 is 10.5 Å². The Morgan fingerprint density at radius 1 is 1.29 bits per heavy atom. The number of hydrogen-bond acceptors (Lipinski definition) is 3. The maximum atomic E-state index is 11.7. The molecule has 2 bridgehead atoms. The molecule has 0 heterocycles. The van der Waals surface area contributed by atoms with E-state index in [4.69, 9.17) is 10.5 Å². The summed E-state index contributed by atoms with van der Waals surface area (Å²) < 4.78 is 5.24. The Bertz CT molecular complexity index is 237. The zero-order valence-corrected chi connectivity index (χ0v) is 8.90. The van der Waals surface area contributed by atoms with Gasteiger partial charge >= 0.3 is 5.97 Å². The van der Waals surface area contributed by atoms with Crippen molar-refractivity contribution in [2.24, 2.45) is 23.5 Å². The molecular weight excluding hydrogens is 178 g/mol. The number of rotatable bonds is 2. The minimum atomic E-state index is -0.000556. The van der Waals surface area contributed by atoms with Crippen LogP contribution >= 0.6 is 0 Å². The van der Waals surface area contributed by atoms with Crippen LogP contribution in [0.1, 0.15) is 33.1 Å². The molecule has 2 rings (SSSR count). The Kier molecular flexibility index (Phi) is 2.52. The van der Waals surface area contributed by atoms with Crippen molar-refractivity contribution in [1.82, 2.24) is 0 Å². The van der Waals surface area contributed by atoms with Gasteiger partial charge in [-0.15, -0.1) is 0 Å². The summed E-state index contributed by atoms with van der Waals surface area (Å²) in [5, 5.41) is 0. The summed E-state index contributed by atoms with van der Waals surface area (Å²) in [7, 11) is 0. The smallest absolute Gasteiger partial charge is 0.309 e. The van der Waals surface area contributed by atoms with Crippen molar-refractivity contribution >= 4 is 5.97 Å². The van der Waals surface area contributed by atoms with Gasteiger partial charge in [0.25, 0.3) is 0 Å². The Morgan fingerprint density at radius 3 is 2.43 bits per heavy atom. The molecule has 2 aliphatic carbocycles. The quantitative estimate of drug-likeness (QED) is 0.679. The van der Waals surface area contributed by atoms with E-state index in [0.29, 0.717) is 17.9 Å². The number of hydrogen-bond donors (Lipinski definition) is 1. The molecule has 80 valence electrons. The third-order valence-electron chi connectivity index (χ3n) is 3.57. The lowest BCUT2D eigenvalue weighted by Gasteiger charge is -2.24. The average molecular weight is 197 g/mol. The van der Waals surface area contributed by atoms with Gasteiger partial charge in [0.2, 0.25) is 0 Å². The van der Waals surface area contributed by atoms with E-state index < -0.39 is 0 Å². The maximum absolute atomic E-state index is 11.7. The number of ether oxygens (including phenoxy) is 1. The number of esters is 1. The highest BCUT2D eigenvalue weighted by Crippen LogP contribution is 2.48. The summed E-state index contributed by atoms with van der Waals surface area (Å²) in [4.78, 5) is 11.7. The van der Waals surface area contributed by atoms with Crippen LogP contribution < -0.4 is 5.73 Å². The van der Waals surface area contributed by atoms with E-state index >= 15 is 0 Å². The van der Waals surface area contributed by atoms with Crippen molar-refractivity contribution in [3.63, 3.8) is 0 Å². The lowest BCUT2D eigenvalue weighted by atomic mass is 9.86. The first-order valence-corrected chi connectivity index (χ1v) is 5.54. The van der Waals surface area contributed by atoms with Gasteiger partial charge in [-0.05, 0) is 44.9 Å². The third-order valence-corrected chi connectivity index (χ3v) is 3.57. The van der Waals surface area contributed by atoms with Crippen LogP contribution in [0.25, 0.3) is 0 Å². The maximum Gasteiger partial charge on any atom is 0.309 e. The van der Waals surface area contributed by atoms with Gasteiger partial charge in [0, 0.05) is 6.04 Å². The summed E-state index contributed by atoms with van der Waals surface area (Å²) in [6.07, 6.45) is 3.12. The van der Waals surface area contributed by atoms with Gasteiger partial charge in [0.05, 0.1) is 12.0 Å². The van der Waals surface area contributed by atoms with Crippen LogP contribution in [0.3, 0.4) is 0 Å². The Balaban J connectivity index is 1.93. The normalized spacial score (nSPS) is 40.6. The molecular formula is C11H19NO2. The highest BCUT2D eigenvalue weighted by atomic mass is 16.5. The molecule has 4 atom stereocenters. The molecule has 14 heavy (non-hydrogen) atoms. The van der Waals surface area contributed by atoms with Gasteiger partial charge in [-0.3, -0.25) is 4.79 Å². The molecule has 0 amide bonds. The second kappa shape index (κ2) is 3.54. The fraction of sp³-hybridized carbons (Fsp3) is 0.909. The van der Waals surface area contributed by atoms with E-state index in [1.54, 1.807) is 0 Å². The van der Waals surface area contributed by atoms with Crippen LogP contribution in [0.2, 0.25) is 0 Å². The summed E-state index contributed by atoms with van der Waals surface area (Å²) in [5.74, 6) is 1.22. The van der Waals surface area contributed by atoms with Crippen molar-refractivity contribution in [2.75, 3.05) is 0 Å². The minimum absolute atomic E-state index is 0.000556. The van der Waals surface area contributed by atoms with Crippen molar-refractivity contribution < 1.29 is 9.53 Å². The Hall–Kier alpha value is -0.570. The van der Waals surface area contributed by atoms with Crippen LogP contribution in [0, 0.1) is 17.8 Å². The second-order valence-corrected chi connectivity index (χ2v) is 4.98. The second-order valence-electron chi connectivity index (χ2n) is 4.98. The fourth-order valence-electron chi connectivity index (χ4n) is 2.93. The molecule has 2 saturated carbocycles. The van der Waals surface area contributed by atoms with Crippen LogP contribution in [0.15, 0.2) is 0 Å². The molecule has 3 heteroatoms. The van der Waals surface area contributed by atoms with Crippen molar-refractivity contribution in [1.29, 1.82) is 0 Å². The topological polar surface area (TPSA) is 52.3 Å². The first kappa shape index (κ1) is 9.97. The third kappa shape index (κ3) is 1.65. The molecule has 0 aromatic rings. The number of fused-ring (bicyclic) bond motifs is 2. The minimum Gasteiger partial charge on any atom is -0.463 e. The van der Waals surface area contributed by atoms with Crippen LogP contribution in [0.4, 0.5) is 0 Å². The molecule has 2 aliphatic rings. The van der Waals surface area contributed by atoms with E-state index in [0.717, 1.165) is 19.3 Å². The molecule has 0 unspecified atom stereocenters. The van der Waals surface area contributed by atoms with Crippen molar-refractivity contribution in [2.45, 2.75) is 45.3 Å². The molecule has 0 saturated heterocycles. The first-order chi connectivity index (χ1) is 6.58. The molecule has 2 fully saturated rings. The van der Waals surface area contributed by atoms with E-state index in [1.807, 2.05) is 13.8 Å². The SMILES string of the molecule is CC(C)OC(=O)[C@H]1C[C@@H]2C[C@H]1C[C@H]2N. The molecule has 0 radical (unpaired) electrons. The van der Waals surface area contributed by atoms with Crippen LogP contribution in [-0.4, -0.2) is 18.1 Å². The summed E-state index contributed by atoms with van der Waals surface area (Å²) in [6.45, 7) is 3.80. The van der Waals surface area contributed by atoms with Crippen molar-refractivity contribution in [3.8, 4) is 0 Å². The summed E-state index contributed by atoms with van der Waals surface area (Å²) >= 11 is 0. The number of nitrogens with two attached hydrogens (primary N) is 1. The van der Waals surface area contributed by atoms with Gasteiger partial charge in [-0.1, -0.05) is 0 Å². The Morgan fingerprint density at radius 2 is 2.00 bits per heavy atom. The highest BCUT2D eigenvalue weighted by Gasteiger charge is 2.47. The van der Waals surface area contributed by atoms with E-state index in [9.17, 15) is 4.79 Å². The summed E-state index contributed by atoms with van der Waals surface area (Å²) in [6, 6.07) is 0.336. The number of carbonyl (C=O) groups is 1. The predicted octanol–water partition coefficient (Wildman–Crippen LogP) is 1.31. The van der Waals surface area contributed by atoms with Crippen LogP contribution in [0.5, 0.6) is 0 Å². The van der Waals surface area contributed by atoms with Gasteiger partial charge in [0.1, 0.15) is 0 Å². The molecule has 2 N–H and O–H groups in total. The van der Waals surface area contributed by atoms with E-state index in [2.05, 4.69) is 0 Å². The molecule has 0 aliphatic heterocycles. The lowest BCUT2D eigenvalue weighted by molar-refractivity contribution is -0.154. The fourth-order valence-corrected chi connectivity index (χ4v) is 2.93. The lowest BCUT2D eigenvalue weighted by Crippen LogP contribution is -2.33. The monoisotopic (exact) mass is 197 g/mol. The van der Waals surface area contributed by atoms with Crippen LogP contribution in [-0.2, 0) is 9.53 Å². The average Bonchev–Trinajstić information content (AvgIpc) is 2.60. The van der Waals surface area contributed by atoms with E-state index in [-0.39, 0.29) is 18.0 Å². The number of carbonyl (C=O) groups excluding carboxylic acids is 1. The molecule has 0 spiro atoms. The largest absolute Gasteiger partial charge is 0.463 e. The standard InChI is InChI=1S/C11H19NO2/c1-6(2)14-11(13)9-4-8-3-7(9)5-10(8)12/h6-10H,3-5,12H2,1-2H3/t7-,8-,9-,10+/m0/s1. The summed E-state index contributed by atoms with van der Waals surface area (Å²) in [5.41, 5.74) is 5.93. The molecule has 0 aromatic carbocycles. The van der Waals surface area contributed by atoms with Crippen molar-refractivity contribution in [3.05, 3.63) is 0 Å². The first-order valence-electron chi connectivity index (χ1n) is 5.54. The van der Waals surface area contributed by atoms with E-state index in [1.165, 1.54) is 0 Å². The predicted molar refractivity (Wildman–Crippen MR) is 53.5 cm³/mol. The van der Waals surface area contributed by atoms with Gasteiger partial charge in [0.15, 0.2) is 0 Å².